The van der Waals surface area contributed by atoms with Gasteiger partial charge in [-0.05, 0) is 6.07 Å². The molecule has 2 aromatic rings. The molecule has 2 aromatic carbocycles. The molecule has 22 heavy (non-hydrogen) atoms. The third-order valence-electron chi connectivity index (χ3n) is 3.83. The van der Waals surface area contributed by atoms with Crippen molar-refractivity contribution < 1.29 is 24.5 Å². The molecule has 0 amide bonds. The van der Waals surface area contributed by atoms with Gasteiger partial charge < -0.3 is 14.9 Å². The molecule has 0 atom stereocenters. The molecular weight excluding hydrogens is 284 g/mol. The van der Waals surface area contributed by atoms with E-state index in [9.17, 15) is 14.7 Å². The van der Waals surface area contributed by atoms with E-state index in [0.717, 1.165) is 0 Å². The van der Waals surface area contributed by atoms with Crippen LogP contribution in [0.1, 0.15) is 37.4 Å². The maximum absolute atomic E-state index is 12.6. The number of ether oxygens (including phenoxy) is 1. The van der Waals surface area contributed by atoms with Crippen molar-refractivity contribution in [1.29, 1.82) is 0 Å². The Balaban J connectivity index is 2.31. The Bertz CT molecular complexity index is 792. The summed E-state index contributed by atoms with van der Waals surface area (Å²) in [5, 5.41) is 19.6. The monoisotopic (exact) mass is 298 g/mol. The summed E-state index contributed by atoms with van der Waals surface area (Å²) in [7, 11) is 1.41. The largest absolute Gasteiger partial charge is 0.507 e. The number of rotatable bonds is 3. The summed E-state index contributed by atoms with van der Waals surface area (Å²) in [6.45, 7) is -0.207. The first-order valence-corrected chi connectivity index (χ1v) is 6.82. The van der Waals surface area contributed by atoms with Gasteiger partial charge in [0.1, 0.15) is 11.5 Å². The van der Waals surface area contributed by atoms with Crippen LogP contribution in [-0.4, -0.2) is 35.5 Å². The van der Waals surface area contributed by atoms with Crippen molar-refractivity contribution in [2.24, 2.45) is 0 Å². The van der Waals surface area contributed by atoms with E-state index in [1.165, 1.54) is 13.2 Å². The van der Waals surface area contributed by atoms with Crippen molar-refractivity contribution in [2.45, 2.75) is 6.42 Å². The zero-order chi connectivity index (χ0) is 15.9. The maximum Gasteiger partial charge on any atom is 0.198 e. The number of carbonyl (C=O) groups is 2. The van der Waals surface area contributed by atoms with Crippen LogP contribution in [-0.2, 0) is 6.42 Å². The van der Waals surface area contributed by atoms with Crippen LogP contribution in [0.2, 0.25) is 0 Å². The summed E-state index contributed by atoms with van der Waals surface area (Å²) in [6, 6.07) is 7.96. The quantitative estimate of drug-likeness (QED) is 0.769. The Hall–Kier alpha value is -2.66. The van der Waals surface area contributed by atoms with Gasteiger partial charge in [0.15, 0.2) is 11.6 Å². The van der Waals surface area contributed by atoms with Crippen LogP contribution in [0.4, 0.5) is 0 Å². The molecule has 0 saturated heterocycles. The van der Waals surface area contributed by atoms with Gasteiger partial charge in [-0.15, -0.1) is 0 Å². The summed E-state index contributed by atoms with van der Waals surface area (Å²) in [5.41, 5.74) is 1.02. The van der Waals surface area contributed by atoms with Gasteiger partial charge in [0, 0.05) is 35.3 Å². The number of methoxy groups -OCH3 is 1. The second kappa shape index (κ2) is 5.27. The number of fused-ring (bicyclic) bond motifs is 2. The van der Waals surface area contributed by atoms with Crippen molar-refractivity contribution in [1.82, 2.24) is 0 Å². The summed E-state index contributed by atoms with van der Waals surface area (Å²) in [4.78, 5) is 25.2. The van der Waals surface area contributed by atoms with E-state index in [2.05, 4.69) is 0 Å². The molecule has 1 aliphatic rings. The molecular formula is C17H14O5. The molecule has 0 heterocycles. The fraction of sp³-hybridized carbons (Fsp3) is 0.176. The Labute approximate surface area is 126 Å². The molecule has 5 nitrogen and oxygen atoms in total. The van der Waals surface area contributed by atoms with E-state index < -0.39 is 5.78 Å². The standard InChI is InChI=1S/C17H14O5/c1-22-13-8-12-14(17(21)11(13)6-7-18)16(20)10-5-3-2-4-9(10)15(12)19/h2-5,8,18,21H,6-7H2,1H3. The minimum atomic E-state index is -0.399. The molecule has 112 valence electrons. The third-order valence-corrected chi connectivity index (χ3v) is 3.83. The molecule has 0 bridgehead atoms. The van der Waals surface area contributed by atoms with E-state index in [4.69, 9.17) is 9.84 Å². The second-order valence-corrected chi connectivity index (χ2v) is 5.01. The number of hydrogen-bond acceptors (Lipinski definition) is 5. The van der Waals surface area contributed by atoms with E-state index in [0.29, 0.717) is 11.1 Å². The number of aromatic hydroxyl groups is 1. The predicted molar refractivity (Wildman–Crippen MR) is 78.8 cm³/mol. The Morgan fingerprint density at radius 2 is 1.68 bits per heavy atom. The maximum atomic E-state index is 12.6. The molecule has 0 saturated carbocycles. The number of carbonyl (C=O) groups excluding carboxylic acids is 2. The van der Waals surface area contributed by atoms with Crippen molar-refractivity contribution >= 4 is 11.6 Å². The highest BCUT2D eigenvalue weighted by Crippen LogP contribution is 2.39. The fourth-order valence-electron chi connectivity index (χ4n) is 2.79. The molecule has 0 aromatic heterocycles. The van der Waals surface area contributed by atoms with E-state index >= 15 is 0 Å². The summed E-state index contributed by atoms with van der Waals surface area (Å²) in [5.74, 6) is -0.735. The third kappa shape index (κ3) is 1.90. The molecule has 0 aliphatic heterocycles. The first-order chi connectivity index (χ1) is 10.6. The van der Waals surface area contributed by atoms with Crippen LogP contribution in [0.5, 0.6) is 11.5 Å². The van der Waals surface area contributed by atoms with E-state index in [-0.39, 0.29) is 47.0 Å². The number of phenolic OH excluding ortho intramolecular Hbond substituents is 1. The molecule has 0 fully saturated rings. The zero-order valence-corrected chi connectivity index (χ0v) is 11.9. The van der Waals surface area contributed by atoms with Gasteiger partial charge in [-0.2, -0.15) is 0 Å². The Morgan fingerprint density at radius 3 is 2.27 bits per heavy atom. The van der Waals surface area contributed by atoms with Crippen LogP contribution in [0, 0.1) is 0 Å². The van der Waals surface area contributed by atoms with Gasteiger partial charge in [0.25, 0.3) is 0 Å². The highest BCUT2D eigenvalue weighted by Gasteiger charge is 2.34. The molecule has 3 rings (SSSR count). The Morgan fingerprint density at radius 1 is 1.05 bits per heavy atom. The summed E-state index contributed by atoms with van der Waals surface area (Å²) < 4.78 is 5.18. The fourth-order valence-corrected chi connectivity index (χ4v) is 2.79. The highest BCUT2D eigenvalue weighted by atomic mass is 16.5. The van der Waals surface area contributed by atoms with Crippen LogP contribution >= 0.6 is 0 Å². The lowest BCUT2D eigenvalue weighted by Gasteiger charge is -2.21. The van der Waals surface area contributed by atoms with Gasteiger partial charge in [-0.1, -0.05) is 24.3 Å². The lowest BCUT2D eigenvalue weighted by Crippen LogP contribution is -2.21. The lowest BCUT2D eigenvalue weighted by molar-refractivity contribution is 0.0976. The van der Waals surface area contributed by atoms with Crippen molar-refractivity contribution in [2.75, 3.05) is 13.7 Å². The first-order valence-electron chi connectivity index (χ1n) is 6.82. The van der Waals surface area contributed by atoms with E-state index in [1.54, 1.807) is 24.3 Å². The first kappa shape index (κ1) is 14.3. The molecule has 0 unspecified atom stereocenters. The van der Waals surface area contributed by atoms with Crippen LogP contribution < -0.4 is 4.74 Å². The number of benzene rings is 2. The van der Waals surface area contributed by atoms with Crippen molar-refractivity contribution in [3.05, 3.63) is 58.1 Å². The summed E-state index contributed by atoms with van der Waals surface area (Å²) in [6.07, 6.45) is 0.130. The SMILES string of the molecule is COc1cc2c(c(O)c1CCO)C(=O)c1ccccc1C2=O. The average molecular weight is 298 g/mol. The normalized spacial score (nSPS) is 12.8. The second-order valence-electron chi connectivity index (χ2n) is 5.01. The number of aliphatic hydroxyl groups is 1. The van der Waals surface area contributed by atoms with Gasteiger partial charge in [-0.25, -0.2) is 0 Å². The summed E-state index contributed by atoms with van der Waals surface area (Å²) >= 11 is 0. The molecule has 0 radical (unpaired) electrons. The minimum absolute atomic E-state index is 0.0204. The topological polar surface area (TPSA) is 83.8 Å². The van der Waals surface area contributed by atoms with Crippen molar-refractivity contribution in [3.63, 3.8) is 0 Å². The van der Waals surface area contributed by atoms with Crippen molar-refractivity contribution in [3.8, 4) is 11.5 Å². The molecule has 0 spiro atoms. The smallest absolute Gasteiger partial charge is 0.198 e. The van der Waals surface area contributed by atoms with Gasteiger partial charge in [-0.3, -0.25) is 9.59 Å². The van der Waals surface area contributed by atoms with Gasteiger partial charge in [0.2, 0.25) is 0 Å². The number of aliphatic hydroxyl groups excluding tert-OH is 1. The zero-order valence-electron chi connectivity index (χ0n) is 11.9. The van der Waals surface area contributed by atoms with Gasteiger partial charge in [0.05, 0.1) is 12.7 Å². The predicted octanol–water partition coefficient (Wildman–Crippen LogP) is 1.71. The van der Waals surface area contributed by atoms with Crippen LogP contribution in [0.15, 0.2) is 30.3 Å². The number of ketones is 2. The van der Waals surface area contributed by atoms with Gasteiger partial charge >= 0.3 is 0 Å². The van der Waals surface area contributed by atoms with Crippen LogP contribution in [0.3, 0.4) is 0 Å². The lowest BCUT2D eigenvalue weighted by atomic mass is 9.82. The highest BCUT2D eigenvalue weighted by molar-refractivity contribution is 6.29. The number of phenols is 1. The van der Waals surface area contributed by atoms with E-state index in [1.807, 2.05) is 0 Å². The minimum Gasteiger partial charge on any atom is -0.507 e. The molecule has 2 N–H and O–H groups in total. The average Bonchev–Trinajstić information content (AvgIpc) is 2.54. The molecule has 1 aliphatic carbocycles. The van der Waals surface area contributed by atoms with Crippen LogP contribution in [0.25, 0.3) is 0 Å². The molecule has 5 heteroatoms. The Kier molecular flexibility index (Phi) is 3.42. The number of hydrogen-bond donors (Lipinski definition) is 2.